The molecule has 0 aliphatic carbocycles. The number of methoxy groups -OCH3 is 1. The van der Waals surface area contributed by atoms with Gasteiger partial charge in [-0.25, -0.2) is 8.42 Å². The molecule has 0 fully saturated rings. The maximum Gasteiger partial charge on any atom is 0.241 e. The lowest BCUT2D eigenvalue weighted by molar-refractivity contribution is -0.117. The van der Waals surface area contributed by atoms with Gasteiger partial charge in [-0.1, -0.05) is 0 Å². The summed E-state index contributed by atoms with van der Waals surface area (Å²) < 4.78 is 29.7. The van der Waals surface area contributed by atoms with Crippen molar-refractivity contribution in [1.29, 1.82) is 0 Å². The van der Waals surface area contributed by atoms with E-state index in [1.807, 2.05) is 0 Å². The Balaban J connectivity index is 0.00000361. The van der Waals surface area contributed by atoms with Crippen molar-refractivity contribution in [1.82, 2.24) is 0 Å². The molecule has 0 saturated carbocycles. The summed E-state index contributed by atoms with van der Waals surface area (Å²) in [5, 5.41) is 2.58. The fourth-order valence-corrected chi connectivity index (χ4v) is 1.88. The van der Waals surface area contributed by atoms with Crippen LogP contribution in [-0.2, 0) is 14.8 Å². The van der Waals surface area contributed by atoms with Crippen LogP contribution >= 0.6 is 12.4 Å². The molecule has 1 atom stereocenters. The van der Waals surface area contributed by atoms with Gasteiger partial charge < -0.3 is 15.8 Å². The van der Waals surface area contributed by atoms with Gasteiger partial charge in [0.1, 0.15) is 5.75 Å². The normalized spacial score (nSPS) is 12.0. The number of halogens is 1. The molecule has 0 bridgehead atoms. The second-order valence-electron chi connectivity index (χ2n) is 4.07. The number of ether oxygens (including phenoxy) is 1. The van der Waals surface area contributed by atoms with Gasteiger partial charge in [0, 0.05) is 11.8 Å². The summed E-state index contributed by atoms with van der Waals surface area (Å²) in [6.07, 6.45) is 1.04. The van der Waals surface area contributed by atoms with Gasteiger partial charge in [-0.2, -0.15) is 0 Å². The van der Waals surface area contributed by atoms with E-state index in [4.69, 9.17) is 10.5 Å². The minimum Gasteiger partial charge on any atom is -0.494 e. The lowest BCUT2D eigenvalue weighted by Gasteiger charge is -2.13. The van der Waals surface area contributed by atoms with Gasteiger partial charge >= 0.3 is 0 Å². The molecule has 0 aromatic heterocycles. The van der Waals surface area contributed by atoms with Crippen LogP contribution < -0.4 is 20.5 Å². The Morgan fingerprint density at radius 1 is 1.40 bits per heavy atom. The number of amides is 1. The van der Waals surface area contributed by atoms with Crippen LogP contribution in [0.4, 0.5) is 11.4 Å². The molecule has 0 radical (unpaired) electrons. The van der Waals surface area contributed by atoms with Crippen molar-refractivity contribution >= 4 is 39.7 Å². The van der Waals surface area contributed by atoms with Crippen LogP contribution in [0.1, 0.15) is 6.92 Å². The number of hydrogen-bond donors (Lipinski definition) is 3. The lowest BCUT2D eigenvalue weighted by atomic mass is 10.2. The van der Waals surface area contributed by atoms with E-state index in [9.17, 15) is 13.2 Å². The molecule has 0 spiro atoms. The predicted octanol–water partition coefficient (Wildman–Crippen LogP) is 0.774. The van der Waals surface area contributed by atoms with Crippen molar-refractivity contribution in [3.05, 3.63) is 18.2 Å². The van der Waals surface area contributed by atoms with Crippen LogP contribution in [0.25, 0.3) is 0 Å². The van der Waals surface area contributed by atoms with Crippen molar-refractivity contribution in [3.63, 3.8) is 0 Å². The monoisotopic (exact) mass is 323 g/mol. The number of anilines is 2. The summed E-state index contributed by atoms with van der Waals surface area (Å²) in [5.74, 6) is -0.0428. The van der Waals surface area contributed by atoms with Crippen LogP contribution in [0.2, 0.25) is 0 Å². The summed E-state index contributed by atoms with van der Waals surface area (Å²) in [6, 6.07) is 3.92. The van der Waals surface area contributed by atoms with Crippen molar-refractivity contribution in [2.45, 2.75) is 13.0 Å². The van der Waals surface area contributed by atoms with E-state index in [-0.39, 0.29) is 18.3 Å². The number of nitrogens with two attached hydrogens (primary N) is 1. The highest BCUT2D eigenvalue weighted by Crippen LogP contribution is 2.28. The fourth-order valence-electron chi connectivity index (χ4n) is 1.31. The van der Waals surface area contributed by atoms with Gasteiger partial charge in [-0.05, 0) is 19.1 Å². The maximum atomic E-state index is 11.4. The zero-order valence-corrected chi connectivity index (χ0v) is 13.0. The van der Waals surface area contributed by atoms with Crippen LogP contribution in [0.15, 0.2) is 18.2 Å². The van der Waals surface area contributed by atoms with E-state index in [2.05, 4.69) is 10.0 Å². The first-order valence-electron chi connectivity index (χ1n) is 5.45. The Labute approximate surface area is 124 Å². The molecule has 0 unspecified atom stereocenters. The Morgan fingerprint density at radius 3 is 2.45 bits per heavy atom. The van der Waals surface area contributed by atoms with Gasteiger partial charge in [0.2, 0.25) is 15.9 Å². The first-order chi connectivity index (χ1) is 8.73. The molecule has 1 aromatic carbocycles. The summed E-state index contributed by atoms with van der Waals surface area (Å²) in [5.41, 5.74) is 6.20. The molecular weight excluding hydrogens is 306 g/mol. The molecule has 0 aliphatic heterocycles. The standard InChI is InChI=1S/C11H17N3O4S.ClH/c1-7(12)11(15)13-8-4-5-9(10(6-8)18-2)14-19(3,16)17;/h4-7,14H,12H2,1-3H3,(H,13,15);1H/t7-;/m1./s1. The molecule has 9 heteroatoms. The predicted molar refractivity (Wildman–Crippen MR) is 81.0 cm³/mol. The van der Waals surface area contributed by atoms with Crippen molar-refractivity contribution in [2.24, 2.45) is 5.73 Å². The molecule has 7 nitrogen and oxygen atoms in total. The minimum absolute atomic E-state index is 0. The third-order valence-electron chi connectivity index (χ3n) is 2.18. The molecule has 1 aromatic rings. The number of nitrogens with one attached hydrogen (secondary N) is 2. The lowest BCUT2D eigenvalue weighted by Crippen LogP contribution is -2.32. The Bertz CT molecular complexity index is 575. The van der Waals surface area contributed by atoms with Crippen LogP contribution in [0, 0.1) is 0 Å². The van der Waals surface area contributed by atoms with Crippen LogP contribution in [0.5, 0.6) is 5.75 Å². The van der Waals surface area contributed by atoms with E-state index in [0.29, 0.717) is 17.1 Å². The summed E-state index contributed by atoms with van der Waals surface area (Å²) in [6.45, 7) is 1.56. The number of benzene rings is 1. The van der Waals surface area contributed by atoms with Crippen LogP contribution in [-0.4, -0.2) is 33.7 Å². The first kappa shape index (κ1) is 18.5. The van der Waals surface area contributed by atoms with Crippen molar-refractivity contribution < 1.29 is 17.9 Å². The third kappa shape index (κ3) is 5.64. The SMILES string of the molecule is COc1cc(NC(=O)[C@@H](C)N)ccc1NS(C)(=O)=O.Cl. The number of carbonyl (C=O) groups excluding carboxylic acids is 1. The average molecular weight is 324 g/mol. The van der Waals surface area contributed by atoms with Crippen LogP contribution in [0.3, 0.4) is 0 Å². The topological polar surface area (TPSA) is 111 Å². The maximum absolute atomic E-state index is 11.4. The van der Waals surface area contributed by atoms with Gasteiger partial charge in [0.25, 0.3) is 0 Å². The highest BCUT2D eigenvalue weighted by molar-refractivity contribution is 7.92. The van der Waals surface area contributed by atoms with Gasteiger partial charge in [-0.3, -0.25) is 9.52 Å². The number of carbonyl (C=O) groups is 1. The van der Waals surface area contributed by atoms with E-state index >= 15 is 0 Å². The highest BCUT2D eigenvalue weighted by atomic mass is 35.5. The van der Waals surface area contributed by atoms with E-state index in [1.54, 1.807) is 13.0 Å². The average Bonchev–Trinajstić information content (AvgIpc) is 2.29. The molecule has 0 heterocycles. The van der Waals surface area contributed by atoms with E-state index in [0.717, 1.165) is 6.26 Å². The summed E-state index contributed by atoms with van der Waals surface area (Å²) >= 11 is 0. The first-order valence-corrected chi connectivity index (χ1v) is 7.34. The molecule has 0 aliphatic rings. The second-order valence-corrected chi connectivity index (χ2v) is 5.82. The van der Waals surface area contributed by atoms with Gasteiger partial charge in [0.15, 0.2) is 0 Å². The molecule has 1 rings (SSSR count). The van der Waals surface area contributed by atoms with Crippen molar-refractivity contribution in [2.75, 3.05) is 23.4 Å². The van der Waals surface area contributed by atoms with Gasteiger partial charge in [-0.15, -0.1) is 12.4 Å². The molecule has 0 saturated heterocycles. The second kappa shape index (κ2) is 7.32. The third-order valence-corrected chi connectivity index (χ3v) is 2.77. The smallest absolute Gasteiger partial charge is 0.241 e. The molecule has 4 N–H and O–H groups in total. The zero-order valence-electron chi connectivity index (χ0n) is 11.3. The molecule has 1 amide bonds. The summed E-state index contributed by atoms with van der Waals surface area (Å²) in [7, 11) is -1.99. The molecular formula is C11H18ClN3O4S. The number of hydrogen-bond acceptors (Lipinski definition) is 5. The highest BCUT2D eigenvalue weighted by Gasteiger charge is 2.12. The number of sulfonamides is 1. The van der Waals surface area contributed by atoms with E-state index in [1.165, 1.54) is 19.2 Å². The van der Waals surface area contributed by atoms with Gasteiger partial charge in [0.05, 0.1) is 25.1 Å². The largest absolute Gasteiger partial charge is 0.494 e. The minimum atomic E-state index is -3.40. The quantitative estimate of drug-likeness (QED) is 0.741. The Kier molecular flexibility index (Phi) is 6.77. The number of rotatable bonds is 5. The molecule has 114 valence electrons. The summed E-state index contributed by atoms with van der Waals surface area (Å²) in [4.78, 5) is 11.4. The van der Waals surface area contributed by atoms with E-state index < -0.39 is 16.1 Å². The fraction of sp³-hybridized carbons (Fsp3) is 0.364. The van der Waals surface area contributed by atoms with Crippen molar-refractivity contribution in [3.8, 4) is 5.75 Å². The Morgan fingerprint density at radius 2 is 2.00 bits per heavy atom. The molecule has 20 heavy (non-hydrogen) atoms. The zero-order chi connectivity index (χ0) is 14.6. The Hall–Kier alpha value is -1.51.